The number of rotatable bonds is 4. The summed E-state index contributed by atoms with van der Waals surface area (Å²) in [5.41, 5.74) is 5.23. The Hall–Kier alpha value is -2.86. The van der Waals surface area contributed by atoms with Crippen LogP contribution in [0.2, 0.25) is 0 Å². The molecule has 12 heteroatoms. The predicted molar refractivity (Wildman–Crippen MR) is 93.7 cm³/mol. The largest absolute Gasteiger partial charge is 0.455 e. The maximum atomic E-state index is 13.1. The standard InChI is InChI=1S/C15H14FN3O6S2/c1-26(21,22)18-12-6-9-8-19(15(17)20)27(23,24)14(9)7-13(12)25-11-4-2-10(16)3-5-11/h2-7,18H,8H2,1H3,(H2,17,20). The van der Waals surface area contributed by atoms with Crippen molar-refractivity contribution in [2.75, 3.05) is 11.0 Å². The molecule has 0 unspecified atom stereocenters. The molecule has 0 aliphatic carbocycles. The van der Waals surface area contributed by atoms with E-state index in [1.54, 1.807) is 0 Å². The molecule has 3 N–H and O–H groups in total. The second kappa shape index (κ2) is 6.39. The molecule has 0 fully saturated rings. The van der Waals surface area contributed by atoms with Crippen LogP contribution in [-0.2, 0) is 26.6 Å². The number of fused-ring (bicyclic) bond motifs is 1. The number of nitrogens with two attached hydrogens (primary N) is 1. The normalized spacial score (nSPS) is 15.3. The van der Waals surface area contributed by atoms with Crippen LogP contribution in [0.1, 0.15) is 5.56 Å². The van der Waals surface area contributed by atoms with Gasteiger partial charge >= 0.3 is 6.03 Å². The number of nitrogens with one attached hydrogen (secondary N) is 1. The molecule has 0 bridgehead atoms. The average molecular weight is 415 g/mol. The topological polar surface area (TPSA) is 136 Å². The van der Waals surface area contributed by atoms with Crippen LogP contribution >= 0.6 is 0 Å². The fraction of sp³-hybridized carbons (Fsp3) is 0.133. The van der Waals surface area contributed by atoms with Gasteiger partial charge in [0.1, 0.15) is 11.6 Å². The lowest BCUT2D eigenvalue weighted by atomic mass is 10.2. The summed E-state index contributed by atoms with van der Waals surface area (Å²) in [6.07, 6.45) is 0.911. The molecule has 0 saturated carbocycles. The Bertz CT molecular complexity index is 1130. The van der Waals surface area contributed by atoms with E-state index in [-0.39, 0.29) is 34.2 Å². The van der Waals surface area contributed by atoms with Crippen molar-refractivity contribution >= 4 is 31.8 Å². The zero-order valence-electron chi connectivity index (χ0n) is 13.8. The number of ether oxygens (including phenoxy) is 1. The van der Waals surface area contributed by atoms with E-state index in [9.17, 15) is 26.0 Å². The molecule has 1 heterocycles. The number of primary amides is 1. The molecule has 27 heavy (non-hydrogen) atoms. The molecule has 1 aliphatic rings. The lowest BCUT2D eigenvalue weighted by Gasteiger charge is -2.14. The lowest BCUT2D eigenvalue weighted by molar-refractivity contribution is 0.232. The number of halogens is 1. The molecule has 3 rings (SSSR count). The highest BCUT2D eigenvalue weighted by Gasteiger charge is 2.38. The first-order valence-electron chi connectivity index (χ1n) is 7.38. The number of hydrogen-bond donors (Lipinski definition) is 2. The maximum absolute atomic E-state index is 13.1. The minimum atomic E-state index is -4.19. The van der Waals surface area contributed by atoms with Crippen molar-refractivity contribution in [2.24, 2.45) is 5.73 Å². The number of urea groups is 1. The molecular formula is C15H14FN3O6S2. The lowest BCUT2D eigenvalue weighted by Crippen LogP contribution is -2.35. The smallest absolute Gasteiger partial charge is 0.329 e. The summed E-state index contributed by atoms with van der Waals surface area (Å²) in [5, 5.41) is 0. The molecule has 2 aromatic rings. The van der Waals surface area contributed by atoms with Gasteiger partial charge in [-0.25, -0.2) is 30.3 Å². The Morgan fingerprint density at radius 1 is 1.26 bits per heavy atom. The molecule has 0 saturated heterocycles. The van der Waals surface area contributed by atoms with Crippen LogP contribution in [0.25, 0.3) is 0 Å². The van der Waals surface area contributed by atoms with E-state index in [4.69, 9.17) is 10.5 Å². The number of hydrogen-bond acceptors (Lipinski definition) is 6. The van der Waals surface area contributed by atoms with E-state index in [0.29, 0.717) is 4.31 Å². The molecular weight excluding hydrogens is 401 g/mol. The van der Waals surface area contributed by atoms with Crippen LogP contribution in [0.3, 0.4) is 0 Å². The average Bonchev–Trinajstić information content (AvgIpc) is 2.79. The van der Waals surface area contributed by atoms with E-state index >= 15 is 0 Å². The monoisotopic (exact) mass is 415 g/mol. The molecule has 0 atom stereocenters. The maximum Gasteiger partial charge on any atom is 0.329 e. The predicted octanol–water partition coefficient (Wildman–Crippen LogP) is 1.57. The van der Waals surface area contributed by atoms with E-state index in [2.05, 4.69) is 4.72 Å². The zero-order valence-corrected chi connectivity index (χ0v) is 15.5. The van der Waals surface area contributed by atoms with E-state index in [1.165, 1.54) is 18.2 Å². The zero-order chi connectivity index (χ0) is 20.0. The summed E-state index contributed by atoms with van der Waals surface area (Å²) in [4.78, 5) is 11.2. The van der Waals surface area contributed by atoms with Crippen LogP contribution in [-0.4, -0.2) is 33.4 Å². The van der Waals surface area contributed by atoms with Crippen LogP contribution in [0.4, 0.5) is 14.9 Å². The van der Waals surface area contributed by atoms with Gasteiger partial charge in [-0.1, -0.05) is 0 Å². The molecule has 2 aromatic carbocycles. The number of carbonyl (C=O) groups is 1. The fourth-order valence-electron chi connectivity index (χ4n) is 2.52. The third-order valence-corrected chi connectivity index (χ3v) is 6.04. The highest BCUT2D eigenvalue weighted by Crippen LogP contribution is 2.39. The Kier molecular flexibility index (Phi) is 4.48. The molecule has 2 amide bonds. The van der Waals surface area contributed by atoms with Gasteiger partial charge in [0.25, 0.3) is 10.0 Å². The van der Waals surface area contributed by atoms with Crippen LogP contribution in [0, 0.1) is 5.82 Å². The van der Waals surface area contributed by atoms with Gasteiger partial charge in [0.15, 0.2) is 5.75 Å². The number of sulfonamides is 2. The van der Waals surface area contributed by atoms with Crippen LogP contribution < -0.4 is 15.2 Å². The third kappa shape index (κ3) is 3.80. The quantitative estimate of drug-likeness (QED) is 0.778. The highest BCUT2D eigenvalue weighted by atomic mass is 32.2. The summed E-state index contributed by atoms with van der Waals surface area (Å²) in [6.45, 7) is -0.331. The fourth-order valence-corrected chi connectivity index (χ4v) is 4.57. The molecule has 144 valence electrons. The molecule has 0 radical (unpaired) electrons. The van der Waals surface area contributed by atoms with E-state index < -0.39 is 31.9 Å². The van der Waals surface area contributed by atoms with Crippen molar-refractivity contribution < 1.29 is 30.8 Å². The minimum absolute atomic E-state index is 0.0397. The van der Waals surface area contributed by atoms with Crippen molar-refractivity contribution in [2.45, 2.75) is 11.4 Å². The first-order valence-corrected chi connectivity index (χ1v) is 10.7. The Morgan fingerprint density at radius 2 is 1.89 bits per heavy atom. The molecule has 1 aliphatic heterocycles. The number of benzene rings is 2. The van der Waals surface area contributed by atoms with Crippen LogP contribution in [0.5, 0.6) is 11.5 Å². The highest BCUT2D eigenvalue weighted by molar-refractivity contribution is 7.92. The minimum Gasteiger partial charge on any atom is -0.455 e. The number of anilines is 1. The van der Waals surface area contributed by atoms with Gasteiger partial charge in [0, 0.05) is 6.07 Å². The SMILES string of the molecule is CS(=O)(=O)Nc1cc2c(cc1Oc1ccc(F)cc1)S(=O)(=O)N(C(N)=O)C2. The molecule has 9 nitrogen and oxygen atoms in total. The molecule has 0 spiro atoms. The van der Waals surface area contributed by atoms with Gasteiger partial charge in [-0.2, -0.15) is 0 Å². The third-order valence-electron chi connectivity index (χ3n) is 3.63. The Balaban J connectivity index is 2.12. The summed E-state index contributed by atoms with van der Waals surface area (Å²) in [7, 11) is -7.91. The van der Waals surface area contributed by atoms with Gasteiger partial charge in [-0.05, 0) is 35.9 Å². The van der Waals surface area contributed by atoms with Gasteiger partial charge < -0.3 is 10.5 Å². The first-order chi connectivity index (χ1) is 12.5. The van der Waals surface area contributed by atoms with Crippen molar-refractivity contribution in [3.8, 4) is 11.5 Å². The Labute approximate surface area is 154 Å². The Morgan fingerprint density at radius 3 is 2.44 bits per heavy atom. The van der Waals surface area contributed by atoms with E-state index in [0.717, 1.165) is 24.5 Å². The van der Waals surface area contributed by atoms with Crippen molar-refractivity contribution in [1.29, 1.82) is 0 Å². The van der Waals surface area contributed by atoms with Crippen LogP contribution in [0.15, 0.2) is 41.3 Å². The second-order valence-corrected chi connectivity index (χ2v) is 9.32. The summed E-state index contributed by atoms with van der Waals surface area (Å²) < 4.78 is 69.4. The van der Waals surface area contributed by atoms with Gasteiger partial charge in [-0.3, -0.25) is 4.72 Å². The van der Waals surface area contributed by atoms with Gasteiger partial charge in [-0.15, -0.1) is 0 Å². The summed E-state index contributed by atoms with van der Waals surface area (Å²) in [6, 6.07) is 5.99. The van der Waals surface area contributed by atoms with Gasteiger partial charge in [0.2, 0.25) is 10.0 Å². The summed E-state index contributed by atoms with van der Waals surface area (Å²) in [5.74, 6) is -0.499. The second-order valence-electron chi connectivity index (χ2n) is 5.74. The molecule has 0 aromatic heterocycles. The first kappa shape index (κ1) is 18.9. The van der Waals surface area contributed by atoms with Crippen molar-refractivity contribution in [1.82, 2.24) is 4.31 Å². The number of nitrogens with zero attached hydrogens (tertiary/aromatic N) is 1. The number of amides is 2. The van der Waals surface area contributed by atoms with Crippen molar-refractivity contribution in [3.63, 3.8) is 0 Å². The number of carbonyl (C=O) groups excluding carboxylic acids is 1. The van der Waals surface area contributed by atoms with Crippen molar-refractivity contribution in [3.05, 3.63) is 47.8 Å². The van der Waals surface area contributed by atoms with E-state index in [1.807, 2.05) is 0 Å². The summed E-state index contributed by atoms with van der Waals surface area (Å²) >= 11 is 0. The van der Waals surface area contributed by atoms with Gasteiger partial charge in [0.05, 0.1) is 23.4 Å².